The fourth-order valence-electron chi connectivity index (χ4n) is 2.98. The van der Waals surface area contributed by atoms with Gasteiger partial charge in [-0.15, -0.1) is 0 Å². The minimum absolute atomic E-state index is 0.112. The third-order valence-corrected chi connectivity index (χ3v) is 4.85. The molecule has 0 unspecified atom stereocenters. The second kappa shape index (κ2) is 7.51. The fraction of sp³-hybridized carbons (Fsp3) is 0.375. The van der Waals surface area contributed by atoms with Crippen molar-refractivity contribution in [3.05, 3.63) is 44.1 Å². The van der Waals surface area contributed by atoms with Crippen molar-refractivity contribution in [2.75, 3.05) is 23.3 Å². The highest BCUT2D eigenvalue weighted by atomic mass is 35.5. The van der Waals surface area contributed by atoms with Crippen LogP contribution in [0.15, 0.2) is 22.7 Å². The van der Waals surface area contributed by atoms with Crippen molar-refractivity contribution in [3.8, 4) is 0 Å². The minimum Gasteiger partial charge on any atom is -0.369 e. The Labute approximate surface area is 159 Å². The van der Waals surface area contributed by atoms with E-state index in [9.17, 15) is 14.9 Å². The van der Waals surface area contributed by atoms with Gasteiger partial charge in [-0.1, -0.05) is 28.4 Å². The number of amides is 1. The van der Waals surface area contributed by atoms with Crippen LogP contribution in [0.1, 0.15) is 18.6 Å². The lowest BCUT2D eigenvalue weighted by Crippen LogP contribution is -2.38. The van der Waals surface area contributed by atoms with Gasteiger partial charge < -0.3 is 14.7 Å². The topological polar surface area (TPSA) is 102 Å². The van der Waals surface area contributed by atoms with Crippen molar-refractivity contribution in [3.63, 3.8) is 0 Å². The fourth-order valence-corrected chi connectivity index (χ4v) is 3.69. The molecule has 8 nitrogen and oxygen atoms in total. The first-order chi connectivity index (χ1) is 12.3. The van der Waals surface area contributed by atoms with Gasteiger partial charge in [0, 0.05) is 37.2 Å². The number of nitro groups is 1. The van der Waals surface area contributed by atoms with E-state index in [2.05, 4.69) is 10.5 Å². The molecule has 1 N–H and O–H groups in total. The van der Waals surface area contributed by atoms with E-state index in [4.69, 9.17) is 27.7 Å². The van der Waals surface area contributed by atoms with Gasteiger partial charge in [-0.05, 0) is 19.8 Å². The first-order valence-corrected chi connectivity index (χ1v) is 8.73. The molecule has 1 aliphatic heterocycles. The maximum absolute atomic E-state index is 12.3. The molecule has 2 heterocycles. The smallest absolute Gasteiger partial charge is 0.272 e. The maximum Gasteiger partial charge on any atom is 0.272 e. The van der Waals surface area contributed by atoms with Crippen molar-refractivity contribution in [2.45, 2.75) is 19.8 Å². The quantitative estimate of drug-likeness (QED) is 0.615. The van der Waals surface area contributed by atoms with Crippen LogP contribution in [0.2, 0.25) is 10.0 Å². The first kappa shape index (κ1) is 18.5. The summed E-state index contributed by atoms with van der Waals surface area (Å²) >= 11 is 12.4. The van der Waals surface area contributed by atoms with Crippen LogP contribution in [0.25, 0.3) is 0 Å². The van der Waals surface area contributed by atoms with E-state index < -0.39 is 4.92 Å². The Morgan fingerprint density at radius 2 is 1.92 bits per heavy atom. The molecule has 26 heavy (non-hydrogen) atoms. The Bertz CT molecular complexity index is 824. The van der Waals surface area contributed by atoms with Gasteiger partial charge in [0.15, 0.2) is 5.82 Å². The molecule has 10 heteroatoms. The average molecular weight is 399 g/mol. The number of aromatic nitrogens is 1. The normalized spacial score (nSPS) is 15.1. The number of nitro benzene ring substituents is 1. The summed E-state index contributed by atoms with van der Waals surface area (Å²) in [6.45, 7) is 2.87. The van der Waals surface area contributed by atoms with Crippen LogP contribution in [0.3, 0.4) is 0 Å². The number of aryl methyl sites for hydroxylation is 1. The number of anilines is 2. The average Bonchev–Trinajstić information content (AvgIpc) is 2.99. The van der Waals surface area contributed by atoms with Crippen molar-refractivity contribution in [1.29, 1.82) is 0 Å². The molecule has 0 atom stereocenters. The third-order valence-electron chi connectivity index (χ3n) is 4.27. The van der Waals surface area contributed by atoms with Gasteiger partial charge in [0.05, 0.1) is 20.7 Å². The van der Waals surface area contributed by atoms with E-state index in [1.165, 1.54) is 12.1 Å². The molecular weight excluding hydrogens is 383 g/mol. The number of carbonyl (C=O) groups is 1. The Morgan fingerprint density at radius 1 is 1.31 bits per heavy atom. The maximum atomic E-state index is 12.3. The molecule has 1 saturated heterocycles. The summed E-state index contributed by atoms with van der Waals surface area (Å²) in [5, 5.41) is 17.8. The Morgan fingerprint density at radius 3 is 2.42 bits per heavy atom. The van der Waals surface area contributed by atoms with Gasteiger partial charge in [0.25, 0.3) is 5.69 Å². The van der Waals surface area contributed by atoms with Crippen molar-refractivity contribution in [1.82, 2.24) is 5.16 Å². The molecule has 1 amide bonds. The lowest BCUT2D eigenvalue weighted by atomic mass is 9.95. The van der Waals surface area contributed by atoms with Gasteiger partial charge in [-0.3, -0.25) is 14.9 Å². The van der Waals surface area contributed by atoms with E-state index in [-0.39, 0.29) is 27.6 Å². The number of carbonyl (C=O) groups excluding carboxylic acids is 1. The van der Waals surface area contributed by atoms with Crippen LogP contribution in [0.4, 0.5) is 17.2 Å². The van der Waals surface area contributed by atoms with Gasteiger partial charge in [-0.25, -0.2) is 0 Å². The summed E-state index contributed by atoms with van der Waals surface area (Å²) in [5.41, 5.74) is 0.408. The van der Waals surface area contributed by atoms with Gasteiger partial charge in [0.1, 0.15) is 5.76 Å². The standard InChI is InChI=1S/C16H16Cl2N4O4/c1-9-6-14(20-26-9)19-16(23)10-2-4-21(5-3-10)15-12(17)7-11(22(24)25)8-13(15)18/h6-8,10H,2-5H2,1H3,(H,19,20,23). The number of piperidine rings is 1. The molecular formula is C16H16Cl2N4O4. The first-order valence-electron chi connectivity index (χ1n) is 7.97. The number of halogens is 2. The van der Waals surface area contributed by atoms with Crippen LogP contribution in [0, 0.1) is 23.0 Å². The van der Waals surface area contributed by atoms with Crippen LogP contribution in [-0.4, -0.2) is 29.1 Å². The highest BCUT2D eigenvalue weighted by Crippen LogP contribution is 2.39. The van der Waals surface area contributed by atoms with Crippen LogP contribution in [0.5, 0.6) is 0 Å². The van der Waals surface area contributed by atoms with Crippen molar-refractivity contribution in [2.24, 2.45) is 5.92 Å². The van der Waals surface area contributed by atoms with Crippen LogP contribution < -0.4 is 10.2 Å². The lowest BCUT2D eigenvalue weighted by Gasteiger charge is -2.33. The molecule has 138 valence electrons. The zero-order valence-corrected chi connectivity index (χ0v) is 15.4. The summed E-state index contributed by atoms with van der Waals surface area (Å²) in [4.78, 5) is 24.6. The molecule has 0 spiro atoms. The molecule has 2 aromatic rings. The molecule has 1 fully saturated rings. The number of hydrogen-bond acceptors (Lipinski definition) is 6. The zero-order valence-electron chi connectivity index (χ0n) is 13.9. The molecule has 0 radical (unpaired) electrons. The van der Waals surface area contributed by atoms with Crippen LogP contribution >= 0.6 is 23.2 Å². The van der Waals surface area contributed by atoms with E-state index in [0.29, 0.717) is 43.2 Å². The number of hydrogen-bond donors (Lipinski definition) is 1. The number of non-ortho nitro benzene ring substituents is 1. The molecule has 1 aromatic carbocycles. The number of rotatable bonds is 4. The monoisotopic (exact) mass is 398 g/mol. The van der Waals surface area contributed by atoms with Gasteiger partial charge >= 0.3 is 0 Å². The predicted molar refractivity (Wildman–Crippen MR) is 97.9 cm³/mol. The number of nitrogens with one attached hydrogen (secondary N) is 1. The van der Waals surface area contributed by atoms with E-state index >= 15 is 0 Å². The second-order valence-corrected chi connectivity index (χ2v) is 6.90. The molecule has 1 aliphatic rings. The SMILES string of the molecule is Cc1cc(NC(=O)C2CCN(c3c(Cl)cc([N+](=O)[O-])cc3Cl)CC2)no1. The molecule has 0 bridgehead atoms. The van der Waals surface area contributed by atoms with E-state index in [1.54, 1.807) is 13.0 Å². The lowest BCUT2D eigenvalue weighted by molar-refractivity contribution is -0.384. The molecule has 1 aromatic heterocycles. The third kappa shape index (κ3) is 3.91. The van der Waals surface area contributed by atoms with Crippen LogP contribution in [-0.2, 0) is 4.79 Å². The number of nitrogens with zero attached hydrogens (tertiary/aromatic N) is 3. The van der Waals surface area contributed by atoms with Crippen molar-refractivity contribution < 1.29 is 14.2 Å². The summed E-state index contributed by atoms with van der Waals surface area (Å²) in [7, 11) is 0. The summed E-state index contributed by atoms with van der Waals surface area (Å²) in [5.74, 6) is 0.742. The highest BCUT2D eigenvalue weighted by Gasteiger charge is 2.28. The highest BCUT2D eigenvalue weighted by molar-refractivity contribution is 6.39. The molecule has 3 rings (SSSR count). The van der Waals surface area contributed by atoms with E-state index in [1.807, 2.05) is 4.90 Å². The molecule has 0 saturated carbocycles. The second-order valence-electron chi connectivity index (χ2n) is 6.09. The largest absolute Gasteiger partial charge is 0.369 e. The zero-order chi connectivity index (χ0) is 18.8. The summed E-state index contributed by atoms with van der Waals surface area (Å²) in [6.07, 6.45) is 1.21. The Balaban J connectivity index is 1.65. The van der Waals surface area contributed by atoms with E-state index in [0.717, 1.165) is 0 Å². The number of benzene rings is 1. The Kier molecular flexibility index (Phi) is 5.33. The van der Waals surface area contributed by atoms with Gasteiger partial charge in [0.2, 0.25) is 5.91 Å². The summed E-state index contributed by atoms with van der Waals surface area (Å²) in [6, 6.07) is 4.23. The minimum atomic E-state index is -0.538. The van der Waals surface area contributed by atoms with Gasteiger partial charge in [-0.2, -0.15) is 0 Å². The molecule has 0 aliphatic carbocycles. The summed E-state index contributed by atoms with van der Waals surface area (Å²) < 4.78 is 4.93. The van der Waals surface area contributed by atoms with Crippen molar-refractivity contribution >= 4 is 46.3 Å². The Hall–Kier alpha value is -2.32. The predicted octanol–water partition coefficient (Wildman–Crippen LogP) is 4.05.